The molecule has 0 aliphatic rings. The van der Waals surface area contributed by atoms with E-state index in [1.165, 1.54) is 5.56 Å². The van der Waals surface area contributed by atoms with E-state index in [1.807, 2.05) is 49.4 Å². The lowest BCUT2D eigenvalue weighted by Gasteiger charge is -2.01. The van der Waals surface area contributed by atoms with Gasteiger partial charge >= 0.3 is 0 Å². The van der Waals surface area contributed by atoms with Crippen molar-refractivity contribution in [2.24, 2.45) is 4.40 Å². The fourth-order valence-corrected chi connectivity index (χ4v) is 3.56. The summed E-state index contributed by atoms with van der Waals surface area (Å²) in [4.78, 5) is 1.72. The van der Waals surface area contributed by atoms with Crippen LogP contribution >= 0.6 is 11.3 Å². The summed E-state index contributed by atoms with van der Waals surface area (Å²) in [7, 11) is 0. The molecule has 3 rings (SSSR count). The van der Waals surface area contributed by atoms with Gasteiger partial charge in [0.05, 0.1) is 11.1 Å². The van der Waals surface area contributed by atoms with E-state index in [4.69, 9.17) is 0 Å². The molecule has 0 saturated carbocycles. The minimum Gasteiger partial charge on any atom is -0.586 e. The fourth-order valence-electron chi connectivity index (χ4n) is 2.02. The van der Waals surface area contributed by atoms with E-state index in [0.717, 1.165) is 20.9 Å². The number of nitrogens with zero attached hydrogens (tertiary/aromatic N) is 1. The highest BCUT2D eigenvalue weighted by atomic mass is 32.2. The molecule has 0 aliphatic heterocycles. The van der Waals surface area contributed by atoms with Gasteiger partial charge in [-0.05, 0) is 41.6 Å². The topological polar surface area (TPSA) is 35.4 Å². The lowest BCUT2D eigenvalue weighted by Crippen LogP contribution is -1.97. The third kappa shape index (κ3) is 3.65. The van der Waals surface area contributed by atoms with Gasteiger partial charge in [-0.15, -0.1) is 11.3 Å². The SMILES string of the molecule is Cc1ccc([S+]([O-])/N=C/c2cc(-c3ccccc3)cs2)cc1. The van der Waals surface area contributed by atoms with E-state index in [2.05, 4.69) is 28.0 Å². The van der Waals surface area contributed by atoms with Gasteiger partial charge in [0, 0.05) is 0 Å². The van der Waals surface area contributed by atoms with Crippen LogP contribution in [0.2, 0.25) is 0 Å². The Morgan fingerprint density at radius 1 is 1.00 bits per heavy atom. The Balaban J connectivity index is 1.73. The Labute approximate surface area is 137 Å². The lowest BCUT2D eigenvalue weighted by atomic mass is 10.1. The predicted molar refractivity (Wildman–Crippen MR) is 94.9 cm³/mol. The van der Waals surface area contributed by atoms with E-state index < -0.39 is 11.4 Å². The molecule has 110 valence electrons. The zero-order valence-electron chi connectivity index (χ0n) is 12.1. The van der Waals surface area contributed by atoms with Gasteiger partial charge < -0.3 is 4.55 Å². The summed E-state index contributed by atoms with van der Waals surface area (Å²) >= 11 is 0.249. The second kappa shape index (κ2) is 6.92. The highest BCUT2D eigenvalue weighted by Crippen LogP contribution is 2.24. The maximum absolute atomic E-state index is 12.1. The van der Waals surface area contributed by atoms with Crippen LogP contribution in [0.3, 0.4) is 0 Å². The second-order valence-electron chi connectivity index (χ2n) is 4.90. The van der Waals surface area contributed by atoms with Gasteiger partial charge in [-0.1, -0.05) is 52.4 Å². The zero-order valence-corrected chi connectivity index (χ0v) is 13.7. The number of hydrogen-bond donors (Lipinski definition) is 0. The Kier molecular flexibility index (Phi) is 4.73. The molecule has 0 spiro atoms. The highest BCUT2D eigenvalue weighted by molar-refractivity contribution is 7.90. The minimum atomic E-state index is -1.35. The molecule has 1 unspecified atom stereocenters. The number of hydrogen-bond acceptors (Lipinski definition) is 3. The van der Waals surface area contributed by atoms with E-state index in [0.29, 0.717) is 0 Å². The van der Waals surface area contributed by atoms with Gasteiger partial charge in [0.15, 0.2) is 4.90 Å². The lowest BCUT2D eigenvalue weighted by molar-refractivity contribution is 0.597. The fraction of sp³-hybridized carbons (Fsp3) is 0.0556. The molecule has 0 N–H and O–H groups in total. The quantitative estimate of drug-likeness (QED) is 0.498. The predicted octanol–water partition coefficient (Wildman–Crippen LogP) is 4.87. The van der Waals surface area contributed by atoms with Crippen molar-refractivity contribution < 1.29 is 4.55 Å². The monoisotopic (exact) mass is 325 g/mol. The van der Waals surface area contributed by atoms with Crippen molar-refractivity contribution in [1.82, 2.24) is 0 Å². The van der Waals surface area contributed by atoms with Gasteiger partial charge in [-0.25, -0.2) is 0 Å². The molecule has 3 aromatic rings. The number of rotatable bonds is 4. The molecular weight excluding hydrogens is 310 g/mol. The smallest absolute Gasteiger partial charge is 0.182 e. The first-order valence-corrected chi connectivity index (χ1v) is 8.87. The van der Waals surface area contributed by atoms with Crippen LogP contribution in [-0.2, 0) is 11.4 Å². The molecule has 2 nitrogen and oxygen atoms in total. The number of benzene rings is 2. The van der Waals surface area contributed by atoms with Crippen LogP contribution in [0, 0.1) is 6.92 Å². The Hall–Kier alpha value is -1.88. The second-order valence-corrected chi connectivity index (χ2v) is 7.02. The van der Waals surface area contributed by atoms with Crippen LogP contribution in [0.4, 0.5) is 0 Å². The van der Waals surface area contributed by atoms with Gasteiger partial charge in [0.25, 0.3) is 0 Å². The average molecular weight is 325 g/mol. The maximum Gasteiger partial charge on any atom is 0.182 e. The molecular formula is C18H15NOS2. The normalized spacial score (nSPS) is 12.6. The molecule has 0 amide bonds. The highest BCUT2D eigenvalue weighted by Gasteiger charge is 2.09. The van der Waals surface area contributed by atoms with Gasteiger partial charge in [-0.2, -0.15) is 0 Å². The first-order valence-electron chi connectivity index (χ1n) is 6.89. The summed E-state index contributed by atoms with van der Waals surface area (Å²) in [5, 5.41) is 2.09. The van der Waals surface area contributed by atoms with Crippen LogP contribution in [-0.4, -0.2) is 10.8 Å². The van der Waals surface area contributed by atoms with Crippen LogP contribution < -0.4 is 0 Å². The van der Waals surface area contributed by atoms with Crippen LogP contribution in [0.15, 0.2) is 75.3 Å². The summed E-state index contributed by atoms with van der Waals surface area (Å²) < 4.78 is 16.3. The van der Waals surface area contributed by atoms with E-state index >= 15 is 0 Å². The first kappa shape index (κ1) is 15.0. The summed E-state index contributed by atoms with van der Waals surface area (Å²) in [6, 6.07) is 19.9. The van der Waals surface area contributed by atoms with E-state index in [1.54, 1.807) is 17.6 Å². The Morgan fingerprint density at radius 2 is 1.73 bits per heavy atom. The van der Waals surface area contributed by atoms with Crippen LogP contribution in [0.1, 0.15) is 10.4 Å². The average Bonchev–Trinajstić information content (AvgIpc) is 3.03. The molecule has 0 fully saturated rings. The molecule has 0 saturated heterocycles. The van der Waals surface area contributed by atoms with E-state index in [-0.39, 0.29) is 0 Å². The largest absolute Gasteiger partial charge is 0.586 e. The molecule has 4 heteroatoms. The van der Waals surface area contributed by atoms with Crippen molar-refractivity contribution in [3.05, 3.63) is 76.5 Å². The third-order valence-electron chi connectivity index (χ3n) is 3.23. The van der Waals surface area contributed by atoms with Crippen molar-refractivity contribution in [2.75, 3.05) is 0 Å². The van der Waals surface area contributed by atoms with Crippen LogP contribution in [0.25, 0.3) is 11.1 Å². The molecule has 0 bridgehead atoms. The number of aryl methyl sites for hydroxylation is 1. The summed E-state index contributed by atoms with van der Waals surface area (Å²) in [5.41, 5.74) is 3.49. The Morgan fingerprint density at radius 3 is 2.45 bits per heavy atom. The Bertz CT molecular complexity index is 763. The van der Waals surface area contributed by atoms with E-state index in [9.17, 15) is 4.55 Å². The van der Waals surface area contributed by atoms with Crippen molar-refractivity contribution in [2.45, 2.75) is 11.8 Å². The molecule has 22 heavy (non-hydrogen) atoms. The maximum atomic E-state index is 12.1. The van der Waals surface area contributed by atoms with Crippen LogP contribution in [0.5, 0.6) is 0 Å². The van der Waals surface area contributed by atoms with Gasteiger partial charge in [0.1, 0.15) is 11.4 Å². The van der Waals surface area contributed by atoms with Crippen molar-refractivity contribution in [3.8, 4) is 11.1 Å². The molecule has 1 heterocycles. The molecule has 1 aromatic heterocycles. The number of thiophene rings is 1. The minimum absolute atomic E-state index is 0.724. The summed E-state index contributed by atoms with van der Waals surface area (Å²) in [6.45, 7) is 2.01. The molecule has 0 radical (unpaired) electrons. The van der Waals surface area contributed by atoms with Gasteiger partial charge in [0.2, 0.25) is 0 Å². The van der Waals surface area contributed by atoms with Gasteiger partial charge in [-0.3, -0.25) is 0 Å². The third-order valence-corrected chi connectivity index (χ3v) is 5.06. The van der Waals surface area contributed by atoms with Crippen molar-refractivity contribution >= 4 is 28.9 Å². The zero-order chi connectivity index (χ0) is 15.4. The molecule has 2 aromatic carbocycles. The first-order chi connectivity index (χ1) is 10.7. The van der Waals surface area contributed by atoms with Crippen molar-refractivity contribution in [1.29, 1.82) is 0 Å². The van der Waals surface area contributed by atoms with Crippen molar-refractivity contribution in [3.63, 3.8) is 0 Å². The molecule has 0 aliphatic carbocycles. The summed E-state index contributed by atoms with van der Waals surface area (Å²) in [6.07, 6.45) is 1.69. The summed E-state index contributed by atoms with van der Waals surface area (Å²) in [5.74, 6) is 0. The molecule has 1 atom stereocenters. The standard InChI is InChI=1S/C18H15NOS2/c1-14-7-9-18(10-8-14)22(20)19-12-17-11-16(13-21-17)15-5-3-2-4-6-15/h2-13H,1H3/b19-12+.